The highest BCUT2D eigenvalue weighted by Crippen LogP contribution is 2.23. The molecule has 1 aromatic rings. The van der Waals surface area contributed by atoms with E-state index in [-0.39, 0.29) is 11.3 Å². The zero-order valence-corrected chi connectivity index (χ0v) is 9.39. The highest BCUT2D eigenvalue weighted by Gasteiger charge is 2.27. The minimum absolute atomic E-state index is 0.0620. The van der Waals surface area contributed by atoms with Crippen LogP contribution in [0.25, 0.3) is 0 Å². The van der Waals surface area contributed by atoms with Crippen molar-refractivity contribution in [2.45, 2.75) is 6.18 Å². The van der Waals surface area contributed by atoms with Crippen LogP contribution < -0.4 is 5.32 Å². The van der Waals surface area contributed by atoms with Crippen LogP contribution in [-0.4, -0.2) is 23.8 Å². The van der Waals surface area contributed by atoms with Crippen LogP contribution in [0.1, 0.15) is 10.4 Å². The van der Waals surface area contributed by atoms with Crippen molar-refractivity contribution in [2.75, 3.05) is 11.9 Å². The van der Waals surface area contributed by atoms with Gasteiger partial charge in [0.15, 0.2) is 0 Å². The van der Waals surface area contributed by atoms with Crippen LogP contribution in [0.3, 0.4) is 0 Å². The molecule has 0 aliphatic carbocycles. The Morgan fingerprint density at radius 3 is 2.56 bits per heavy atom. The van der Waals surface area contributed by atoms with E-state index in [2.05, 4.69) is 15.9 Å². The maximum Gasteiger partial charge on any atom is 0.405 e. The number of halogens is 4. The monoisotopic (exact) mass is 297 g/mol. The largest absolute Gasteiger partial charge is 0.478 e. The van der Waals surface area contributed by atoms with Crippen molar-refractivity contribution < 1.29 is 23.1 Å². The number of anilines is 1. The molecule has 16 heavy (non-hydrogen) atoms. The highest BCUT2D eigenvalue weighted by molar-refractivity contribution is 9.10. The van der Waals surface area contributed by atoms with Crippen molar-refractivity contribution in [3.63, 3.8) is 0 Å². The van der Waals surface area contributed by atoms with Crippen molar-refractivity contribution in [3.05, 3.63) is 28.2 Å². The second-order valence-corrected chi connectivity index (χ2v) is 3.88. The van der Waals surface area contributed by atoms with Gasteiger partial charge < -0.3 is 10.4 Å². The van der Waals surface area contributed by atoms with E-state index in [0.29, 0.717) is 4.47 Å². The number of hydrogen-bond donors (Lipinski definition) is 2. The van der Waals surface area contributed by atoms with Gasteiger partial charge in [0.1, 0.15) is 6.54 Å². The van der Waals surface area contributed by atoms with E-state index < -0.39 is 18.7 Å². The van der Waals surface area contributed by atoms with Crippen molar-refractivity contribution in [1.29, 1.82) is 0 Å². The zero-order chi connectivity index (χ0) is 12.3. The van der Waals surface area contributed by atoms with Crippen molar-refractivity contribution >= 4 is 27.6 Å². The number of nitrogens with one attached hydrogen (secondary N) is 1. The van der Waals surface area contributed by atoms with Gasteiger partial charge in [0, 0.05) is 10.2 Å². The Bertz CT molecular complexity index is 406. The van der Waals surface area contributed by atoms with Gasteiger partial charge in [-0.15, -0.1) is 0 Å². The molecule has 0 aromatic heterocycles. The number of carboxylic acids is 1. The molecule has 0 bridgehead atoms. The first-order valence-corrected chi connectivity index (χ1v) is 4.92. The van der Waals surface area contributed by atoms with Crippen LogP contribution in [0.15, 0.2) is 22.7 Å². The lowest BCUT2D eigenvalue weighted by atomic mass is 10.2. The molecule has 1 rings (SSSR count). The zero-order valence-electron chi connectivity index (χ0n) is 7.81. The summed E-state index contributed by atoms with van der Waals surface area (Å²) in [6.07, 6.45) is -4.39. The third-order valence-electron chi connectivity index (χ3n) is 1.69. The summed E-state index contributed by atoms with van der Waals surface area (Å²) < 4.78 is 36.3. The van der Waals surface area contributed by atoms with E-state index in [9.17, 15) is 18.0 Å². The molecule has 0 spiro atoms. The third-order valence-corrected chi connectivity index (χ3v) is 2.18. The van der Waals surface area contributed by atoms with Gasteiger partial charge in [0.2, 0.25) is 0 Å². The fourth-order valence-electron chi connectivity index (χ4n) is 1.04. The third kappa shape index (κ3) is 3.73. The summed E-state index contributed by atoms with van der Waals surface area (Å²) >= 11 is 3.04. The minimum Gasteiger partial charge on any atom is -0.478 e. The molecule has 3 nitrogen and oxygen atoms in total. The fourth-order valence-corrected chi connectivity index (χ4v) is 1.40. The number of alkyl halides is 3. The maximum absolute atomic E-state index is 11.9. The molecule has 0 saturated carbocycles. The molecule has 0 aliphatic rings. The summed E-state index contributed by atoms with van der Waals surface area (Å²) in [4.78, 5) is 10.8. The van der Waals surface area contributed by atoms with Crippen LogP contribution in [-0.2, 0) is 0 Å². The van der Waals surface area contributed by atoms with Gasteiger partial charge >= 0.3 is 12.1 Å². The topological polar surface area (TPSA) is 49.3 Å². The van der Waals surface area contributed by atoms with Crippen molar-refractivity contribution in [2.24, 2.45) is 0 Å². The molecule has 0 aliphatic heterocycles. The van der Waals surface area contributed by atoms with E-state index >= 15 is 0 Å². The standard InChI is InChI=1S/C9H7BrF3NO2/c10-5-1-2-7(6(3-5)8(15)16)14-4-9(11,12)13/h1-3,14H,4H2,(H,15,16). The lowest BCUT2D eigenvalue weighted by Gasteiger charge is -2.11. The van der Waals surface area contributed by atoms with Crippen molar-refractivity contribution in [3.8, 4) is 0 Å². The summed E-state index contributed by atoms with van der Waals surface area (Å²) in [5, 5.41) is 10.8. The molecule has 88 valence electrons. The number of rotatable bonds is 3. The molecule has 0 amide bonds. The predicted molar refractivity (Wildman–Crippen MR) is 55.6 cm³/mol. The second-order valence-electron chi connectivity index (χ2n) is 2.96. The number of carbonyl (C=O) groups is 1. The fraction of sp³-hybridized carbons (Fsp3) is 0.222. The Morgan fingerprint density at radius 2 is 2.06 bits per heavy atom. The van der Waals surface area contributed by atoms with Gasteiger partial charge in [-0.05, 0) is 18.2 Å². The van der Waals surface area contributed by atoms with Crippen LogP contribution in [0.5, 0.6) is 0 Å². The van der Waals surface area contributed by atoms with E-state index in [1.807, 2.05) is 5.32 Å². The summed E-state index contributed by atoms with van der Waals surface area (Å²) in [5.41, 5.74) is -0.272. The van der Waals surface area contributed by atoms with Crippen LogP contribution in [0.2, 0.25) is 0 Å². The maximum atomic E-state index is 11.9. The second kappa shape index (κ2) is 4.73. The van der Waals surface area contributed by atoms with Crippen molar-refractivity contribution in [1.82, 2.24) is 0 Å². The number of carboxylic acid groups (broad SMARTS) is 1. The number of aromatic carboxylic acids is 1. The Hall–Kier alpha value is -1.24. The molecule has 2 N–H and O–H groups in total. The van der Waals surface area contributed by atoms with E-state index in [0.717, 1.165) is 0 Å². The molecule has 0 fully saturated rings. The highest BCUT2D eigenvalue weighted by atomic mass is 79.9. The Balaban J connectivity index is 2.91. The van der Waals surface area contributed by atoms with E-state index in [1.54, 1.807) is 0 Å². The molecular formula is C9H7BrF3NO2. The van der Waals surface area contributed by atoms with Gasteiger partial charge in [-0.3, -0.25) is 0 Å². The van der Waals surface area contributed by atoms with Gasteiger partial charge in [0.05, 0.1) is 5.56 Å². The first-order valence-electron chi connectivity index (χ1n) is 4.13. The smallest absolute Gasteiger partial charge is 0.405 e. The van der Waals surface area contributed by atoms with Crippen LogP contribution >= 0.6 is 15.9 Å². The van der Waals surface area contributed by atoms with E-state index in [1.165, 1.54) is 18.2 Å². The molecule has 0 saturated heterocycles. The Labute approximate surface area is 97.4 Å². The lowest BCUT2D eigenvalue weighted by Crippen LogP contribution is -2.22. The lowest BCUT2D eigenvalue weighted by molar-refractivity contribution is -0.115. The normalized spacial score (nSPS) is 11.2. The average molecular weight is 298 g/mol. The summed E-state index contributed by atoms with van der Waals surface area (Å²) in [5.74, 6) is -1.29. The van der Waals surface area contributed by atoms with Crippen LogP contribution in [0.4, 0.5) is 18.9 Å². The minimum atomic E-state index is -4.39. The van der Waals surface area contributed by atoms with Gasteiger partial charge in [-0.25, -0.2) is 4.79 Å². The first-order chi connectivity index (χ1) is 7.29. The number of hydrogen-bond acceptors (Lipinski definition) is 2. The summed E-state index contributed by atoms with van der Waals surface area (Å²) in [6, 6.07) is 3.98. The first kappa shape index (κ1) is 12.8. The molecule has 0 atom stereocenters. The predicted octanol–water partition coefficient (Wildman–Crippen LogP) is 3.12. The Kier molecular flexibility index (Phi) is 3.79. The average Bonchev–Trinajstić information content (AvgIpc) is 2.14. The van der Waals surface area contributed by atoms with Crippen LogP contribution in [0, 0.1) is 0 Å². The molecule has 0 radical (unpaired) electrons. The molecule has 0 heterocycles. The number of benzene rings is 1. The van der Waals surface area contributed by atoms with Gasteiger partial charge in [-0.1, -0.05) is 15.9 Å². The van der Waals surface area contributed by atoms with E-state index in [4.69, 9.17) is 5.11 Å². The summed E-state index contributed by atoms with van der Waals surface area (Å²) in [6.45, 7) is -1.27. The van der Waals surface area contributed by atoms with Gasteiger partial charge in [-0.2, -0.15) is 13.2 Å². The quantitative estimate of drug-likeness (QED) is 0.901. The molecular weight excluding hydrogens is 291 g/mol. The Morgan fingerprint density at radius 1 is 1.44 bits per heavy atom. The molecule has 0 unspecified atom stereocenters. The molecule has 1 aromatic carbocycles. The summed E-state index contributed by atoms with van der Waals surface area (Å²) in [7, 11) is 0. The SMILES string of the molecule is O=C(O)c1cc(Br)ccc1NCC(F)(F)F. The van der Waals surface area contributed by atoms with Gasteiger partial charge in [0.25, 0.3) is 0 Å². The molecule has 7 heteroatoms.